The molecule has 0 spiro atoms. The van der Waals surface area contributed by atoms with Crippen molar-refractivity contribution in [2.45, 2.75) is 19.3 Å². The van der Waals surface area contributed by atoms with E-state index in [-0.39, 0.29) is 17.2 Å². The van der Waals surface area contributed by atoms with E-state index in [0.717, 1.165) is 25.9 Å². The zero-order valence-corrected chi connectivity index (χ0v) is 8.49. The van der Waals surface area contributed by atoms with Crippen molar-refractivity contribution in [2.24, 2.45) is 0 Å². The van der Waals surface area contributed by atoms with Crippen molar-refractivity contribution in [1.82, 2.24) is 9.97 Å². The molecule has 82 valence electrons. The van der Waals surface area contributed by atoms with Crippen LogP contribution in [0.2, 0.25) is 0 Å². The van der Waals surface area contributed by atoms with Crippen molar-refractivity contribution in [2.75, 3.05) is 29.5 Å². The van der Waals surface area contributed by atoms with E-state index in [2.05, 4.69) is 9.97 Å². The molecule has 6 heteroatoms. The normalized spacial score (nSPS) is 16.7. The smallest absolute Gasteiger partial charge is 0.277 e. The van der Waals surface area contributed by atoms with Gasteiger partial charge < -0.3 is 16.4 Å². The highest BCUT2D eigenvalue weighted by atomic mass is 16.1. The fraction of sp³-hybridized carbons (Fsp3) is 0.556. The number of nitrogens with one attached hydrogen (secondary N) is 1. The number of nitrogen functional groups attached to an aromatic ring is 2. The Hall–Kier alpha value is -1.72. The monoisotopic (exact) mass is 209 g/mol. The molecule has 1 aromatic heterocycles. The molecule has 0 aliphatic carbocycles. The van der Waals surface area contributed by atoms with Crippen LogP contribution in [0.15, 0.2) is 4.79 Å². The third-order valence-corrected chi connectivity index (χ3v) is 2.61. The Morgan fingerprint density at radius 3 is 2.53 bits per heavy atom. The first-order valence-electron chi connectivity index (χ1n) is 5.08. The van der Waals surface area contributed by atoms with Crippen LogP contribution in [0.3, 0.4) is 0 Å². The Kier molecular flexibility index (Phi) is 2.49. The van der Waals surface area contributed by atoms with Crippen LogP contribution in [0.1, 0.15) is 19.3 Å². The van der Waals surface area contributed by atoms with E-state index in [4.69, 9.17) is 11.5 Å². The molecule has 0 bridgehead atoms. The summed E-state index contributed by atoms with van der Waals surface area (Å²) in [6.07, 6.45) is 3.43. The van der Waals surface area contributed by atoms with Crippen molar-refractivity contribution in [1.29, 1.82) is 0 Å². The Bertz CT molecular complexity index is 407. The quantitative estimate of drug-likeness (QED) is 0.600. The number of hydrogen-bond donors (Lipinski definition) is 3. The lowest BCUT2D eigenvalue weighted by molar-refractivity contribution is 0.573. The molecule has 6 nitrogen and oxygen atoms in total. The molecule has 2 heterocycles. The molecule has 1 fully saturated rings. The molecule has 0 amide bonds. The molecule has 2 rings (SSSR count). The fourth-order valence-corrected chi connectivity index (χ4v) is 1.83. The van der Waals surface area contributed by atoms with Gasteiger partial charge in [0.25, 0.3) is 5.56 Å². The summed E-state index contributed by atoms with van der Waals surface area (Å²) in [6, 6.07) is 0. The molecule has 0 saturated carbocycles. The molecular formula is C9H15N5O. The van der Waals surface area contributed by atoms with Crippen molar-refractivity contribution in [3.05, 3.63) is 10.4 Å². The number of H-pyrrole nitrogens is 1. The van der Waals surface area contributed by atoms with Gasteiger partial charge in [0.2, 0.25) is 5.95 Å². The minimum Gasteiger partial charge on any atom is -0.391 e. The number of nitrogens with two attached hydrogens (primary N) is 2. The van der Waals surface area contributed by atoms with Gasteiger partial charge >= 0.3 is 0 Å². The summed E-state index contributed by atoms with van der Waals surface area (Å²) < 4.78 is 0. The number of nitrogens with zero attached hydrogens (tertiary/aromatic N) is 2. The lowest BCUT2D eigenvalue weighted by atomic mass is 10.1. The van der Waals surface area contributed by atoms with Gasteiger partial charge in [0.15, 0.2) is 5.82 Å². The third-order valence-electron chi connectivity index (χ3n) is 2.61. The minimum atomic E-state index is -0.358. The molecule has 5 N–H and O–H groups in total. The molecule has 1 aromatic rings. The topological polar surface area (TPSA) is 101 Å². The molecule has 1 aliphatic rings. The summed E-state index contributed by atoms with van der Waals surface area (Å²) in [7, 11) is 0. The standard InChI is InChI=1S/C9H15N5O/c10-6-7(12-9(11)13-8(6)15)14-4-2-1-3-5-14/h1-5,10H2,(H3,11,12,13,15). The van der Waals surface area contributed by atoms with E-state index < -0.39 is 0 Å². The SMILES string of the molecule is Nc1nc(N2CCCCC2)c(N)c(=O)[nH]1. The predicted molar refractivity (Wildman–Crippen MR) is 59.7 cm³/mol. The summed E-state index contributed by atoms with van der Waals surface area (Å²) in [6.45, 7) is 1.78. The van der Waals surface area contributed by atoms with E-state index in [1.165, 1.54) is 6.42 Å². The highest BCUT2D eigenvalue weighted by Gasteiger charge is 2.17. The van der Waals surface area contributed by atoms with Crippen LogP contribution >= 0.6 is 0 Å². The third kappa shape index (κ3) is 1.88. The number of piperidine rings is 1. The van der Waals surface area contributed by atoms with Crippen molar-refractivity contribution in [3.63, 3.8) is 0 Å². The second kappa shape index (κ2) is 3.80. The van der Waals surface area contributed by atoms with E-state index in [0.29, 0.717) is 5.82 Å². The summed E-state index contributed by atoms with van der Waals surface area (Å²) in [5.41, 5.74) is 11.0. The van der Waals surface area contributed by atoms with Gasteiger partial charge in [-0.15, -0.1) is 0 Å². The van der Waals surface area contributed by atoms with Crippen LogP contribution < -0.4 is 21.9 Å². The minimum absolute atomic E-state index is 0.120. The van der Waals surface area contributed by atoms with Crippen LogP contribution in [0.5, 0.6) is 0 Å². The van der Waals surface area contributed by atoms with Gasteiger partial charge in [-0.3, -0.25) is 9.78 Å². The van der Waals surface area contributed by atoms with Gasteiger partial charge in [-0.05, 0) is 19.3 Å². The van der Waals surface area contributed by atoms with E-state index >= 15 is 0 Å². The van der Waals surface area contributed by atoms with Gasteiger partial charge in [0, 0.05) is 13.1 Å². The maximum Gasteiger partial charge on any atom is 0.277 e. The number of rotatable bonds is 1. The van der Waals surface area contributed by atoms with Crippen LogP contribution in [0.25, 0.3) is 0 Å². The number of hydrogen-bond acceptors (Lipinski definition) is 5. The molecule has 0 unspecified atom stereocenters. The van der Waals surface area contributed by atoms with Crippen LogP contribution in [0.4, 0.5) is 17.5 Å². The molecule has 15 heavy (non-hydrogen) atoms. The molecule has 0 atom stereocenters. The van der Waals surface area contributed by atoms with Gasteiger partial charge in [-0.1, -0.05) is 0 Å². The predicted octanol–water partition coefficient (Wildman–Crippen LogP) is -0.0754. The zero-order valence-electron chi connectivity index (χ0n) is 8.49. The number of aromatic nitrogens is 2. The molecule has 0 aromatic carbocycles. The average Bonchev–Trinajstić information content (AvgIpc) is 2.24. The van der Waals surface area contributed by atoms with E-state index in [1.807, 2.05) is 4.90 Å². The van der Waals surface area contributed by atoms with E-state index in [1.54, 1.807) is 0 Å². The Labute approximate surface area is 87.3 Å². The van der Waals surface area contributed by atoms with Crippen molar-refractivity contribution in [3.8, 4) is 0 Å². The molecule has 0 radical (unpaired) electrons. The van der Waals surface area contributed by atoms with Crippen LogP contribution in [-0.4, -0.2) is 23.1 Å². The second-order valence-electron chi connectivity index (χ2n) is 3.74. The van der Waals surface area contributed by atoms with Gasteiger partial charge in [-0.25, -0.2) is 0 Å². The first-order chi connectivity index (χ1) is 7.18. The van der Waals surface area contributed by atoms with Crippen molar-refractivity contribution < 1.29 is 0 Å². The summed E-state index contributed by atoms with van der Waals surface area (Å²) in [5.74, 6) is 0.644. The largest absolute Gasteiger partial charge is 0.391 e. The van der Waals surface area contributed by atoms with Gasteiger partial charge in [0.1, 0.15) is 5.69 Å². The maximum absolute atomic E-state index is 11.4. The van der Waals surface area contributed by atoms with Crippen LogP contribution in [-0.2, 0) is 0 Å². The fourth-order valence-electron chi connectivity index (χ4n) is 1.83. The van der Waals surface area contributed by atoms with Gasteiger partial charge in [0.05, 0.1) is 0 Å². The lowest BCUT2D eigenvalue weighted by Crippen LogP contribution is -2.33. The highest BCUT2D eigenvalue weighted by molar-refractivity contribution is 5.62. The second-order valence-corrected chi connectivity index (χ2v) is 3.74. The molecule has 1 saturated heterocycles. The summed E-state index contributed by atoms with van der Waals surface area (Å²) in [4.78, 5) is 19.9. The molecular weight excluding hydrogens is 194 g/mol. The molecule has 1 aliphatic heterocycles. The number of aromatic amines is 1. The summed E-state index contributed by atoms with van der Waals surface area (Å²) in [5, 5.41) is 0. The Morgan fingerprint density at radius 2 is 1.87 bits per heavy atom. The first kappa shape index (κ1) is 9.82. The number of anilines is 3. The van der Waals surface area contributed by atoms with E-state index in [9.17, 15) is 4.79 Å². The summed E-state index contributed by atoms with van der Waals surface area (Å²) >= 11 is 0. The average molecular weight is 209 g/mol. The van der Waals surface area contributed by atoms with Gasteiger partial charge in [-0.2, -0.15) is 4.98 Å². The Morgan fingerprint density at radius 1 is 1.20 bits per heavy atom. The highest BCUT2D eigenvalue weighted by Crippen LogP contribution is 2.21. The van der Waals surface area contributed by atoms with Crippen LogP contribution in [0, 0.1) is 0 Å². The maximum atomic E-state index is 11.4. The Balaban J connectivity index is 2.37. The lowest BCUT2D eigenvalue weighted by Gasteiger charge is -2.28. The van der Waals surface area contributed by atoms with Crippen molar-refractivity contribution >= 4 is 17.5 Å². The zero-order chi connectivity index (χ0) is 10.8. The first-order valence-corrected chi connectivity index (χ1v) is 5.08.